The molecular formula is C14H24N2O2S. The quantitative estimate of drug-likeness (QED) is 0.781. The van der Waals surface area contributed by atoms with E-state index in [1.807, 2.05) is 45.0 Å². The first-order valence-corrected chi connectivity index (χ1v) is 8.20. The van der Waals surface area contributed by atoms with E-state index in [0.29, 0.717) is 18.2 Å². The van der Waals surface area contributed by atoms with Gasteiger partial charge < -0.3 is 5.32 Å². The second kappa shape index (κ2) is 6.91. The zero-order chi connectivity index (χ0) is 14.5. The first-order valence-electron chi connectivity index (χ1n) is 6.59. The summed E-state index contributed by atoms with van der Waals surface area (Å²) < 4.78 is 25.7. The topological polar surface area (TPSA) is 49.4 Å². The van der Waals surface area contributed by atoms with E-state index < -0.39 is 10.0 Å². The Labute approximate surface area is 116 Å². The molecule has 0 saturated carbocycles. The molecule has 1 rings (SSSR count). The standard InChI is InChI=1S/C14H24N2O2S/c1-12(2)15-10-5-11-19(17,18)16(4)14-8-6-13(3)7-9-14/h6-9,12,15H,5,10-11H2,1-4H3. The molecule has 0 bridgehead atoms. The predicted octanol–water partition coefficient (Wildman–Crippen LogP) is 2.15. The number of benzene rings is 1. The Morgan fingerprint density at radius 2 is 1.79 bits per heavy atom. The summed E-state index contributed by atoms with van der Waals surface area (Å²) >= 11 is 0. The van der Waals surface area contributed by atoms with E-state index >= 15 is 0 Å². The van der Waals surface area contributed by atoms with Crippen LogP contribution in [0.2, 0.25) is 0 Å². The van der Waals surface area contributed by atoms with Crippen molar-refractivity contribution in [2.75, 3.05) is 23.7 Å². The Balaban J connectivity index is 2.59. The number of hydrogen-bond donors (Lipinski definition) is 1. The van der Waals surface area contributed by atoms with E-state index in [1.54, 1.807) is 7.05 Å². The SMILES string of the molecule is Cc1ccc(N(C)S(=O)(=O)CCCNC(C)C)cc1. The molecule has 1 N–H and O–H groups in total. The number of sulfonamides is 1. The summed E-state index contributed by atoms with van der Waals surface area (Å²) in [5, 5.41) is 3.22. The minimum Gasteiger partial charge on any atom is -0.314 e. The van der Waals surface area contributed by atoms with Crippen molar-refractivity contribution in [1.29, 1.82) is 0 Å². The Morgan fingerprint density at radius 3 is 2.32 bits per heavy atom. The number of nitrogens with zero attached hydrogens (tertiary/aromatic N) is 1. The lowest BCUT2D eigenvalue weighted by Crippen LogP contribution is -2.31. The van der Waals surface area contributed by atoms with Gasteiger partial charge in [-0.1, -0.05) is 31.5 Å². The van der Waals surface area contributed by atoms with Crippen molar-refractivity contribution in [2.45, 2.75) is 33.2 Å². The molecule has 0 radical (unpaired) electrons. The van der Waals surface area contributed by atoms with Crippen molar-refractivity contribution in [3.8, 4) is 0 Å². The molecule has 4 nitrogen and oxygen atoms in total. The van der Waals surface area contributed by atoms with Crippen molar-refractivity contribution in [3.63, 3.8) is 0 Å². The molecule has 0 aliphatic heterocycles. The fourth-order valence-corrected chi connectivity index (χ4v) is 2.92. The molecule has 0 spiro atoms. The van der Waals surface area contributed by atoms with Gasteiger partial charge in [-0.05, 0) is 32.0 Å². The third-order valence-electron chi connectivity index (χ3n) is 2.95. The van der Waals surface area contributed by atoms with E-state index in [2.05, 4.69) is 5.32 Å². The van der Waals surface area contributed by atoms with Gasteiger partial charge in [0.05, 0.1) is 11.4 Å². The maximum Gasteiger partial charge on any atom is 0.234 e. The van der Waals surface area contributed by atoms with E-state index in [9.17, 15) is 8.42 Å². The van der Waals surface area contributed by atoms with Gasteiger partial charge in [0.2, 0.25) is 10.0 Å². The van der Waals surface area contributed by atoms with E-state index in [0.717, 1.165) is 12.1 Å². The van der Waals surface area contributed by atoms with Gasteiger partial charge >= 0.3 is 0 Å². The summed E-state index contributed by atoms with van der Waals surface area (Å²) in [6.07, 6.45) is 0.622. The lowest BCUT2D eigenvalue weighted by molar-refractivity contribution is 0.568. The lowest BCUT2D eigenvalue weighted by Gasteiger charge is -2.19. The summed E-state index contributed by atoms with van der Waals surface area (Å²) in [7, 11) is -1.62. The molecule has 0 fully saturated rings. The first kappa shape index (κ1) is 16.0. The minimum atomic E-state index is -3.23. The first-order chi connectivity index (χ1) is 8.83. The molecule has 1 aromatic carbocycles. The van der Waals surface area contributed by atoms with Crippen LogP contribution in [0.4, 0.5) is 5.69 Å². The molecule has 19 heavy (non-hydrogen) atoms. The smallest absolute Gasteiger partial charge is 0.234 e. The van der Waals surface area contributed by atoms with Crippen LogP contribution in [0.1, 0.15) is 25.8 Å². The summed E-state index contributed by atoms with van der Waals surface area (Å²) in [4.78, 5) is 0. The zero-order valence-electron chi connectivity index (χ0n) is 12.2. The Bertz CT molecular complexity index is 481. The normalized spacial score (nSPS) is 11.8. The maximum absolute atomic E-state index is 12.2. The third-order valence-corrected chi connectivity index (χ3v) is 4.80. The van der Waals surface area contributed by atoms with Gasteiger partial charge in [-0.15, -0.1) is 0 Å². The van der Waals surface area contributed by atoms with Crippen LogP contribution in [-0.2, 0) is 10.0 Å². The predicted molar refractivity (Wildman–Crippen MR) is 81.1 cm³/mol. The van der Waals surface area contributed by atoms with E-state index in [1.165, 1.54) is 4.31 Å². The second-order valence-corrected chi connectivity index (χ2v) is 7.20. The van der Waals surface area contributed by atoms with Crippen LogP contribution in [0, 0.1) is 6.92 Å². The van der Waals surface area contributed by atoms with Gasteiger partial charge in [0.1, 0.15) is 0 Å². The molecule has 1 aromatic rings. The number of rotatable bonds is 7. The van der Waals surface area contributed by atoms with Crippen LogP contribution < -0.4 is 9.62 Å². The fraction of sp³-hybridized carbons (Fsp3) is 0.571. The lowest BCUT2D eigenvalue weighted by atomic mass is 10.2. The van der Waals surface area contributed by atoms with Crippen LogP contribution in [0.15, 0.2) is 24.3 Å². The highest BCUT2D eigenvalue weighted by atomic mass is 32.2. The van der Waals surface area contributed by atoms with Gasteiger partial charge in [-0.2, -0.15) is 0 Å². The van der Waals surface area contributed by atoms with Crippen LogP contribution in [-0.4, -0.2) is 33.8 Å². The molecule has 0 atom stereocenters. The molecule has 0 amide bonds. The summed E-state index contributed by atoms with van der Waals surface area (Å²) in [6, 6.07) is 7.89. The van der Waals surface area contributed by atoms with Gasteiger partial charge in [0, 0.05) is 13.1 Å². The van der Waals surface area contributed by atoms with Gasteiger partial charge in [-0.3, -0.25) is 4.31 Å². The van der Waals surface area contributed by atoms with Gasteiger partial charge in [0.25, 0.3) is 0 Å². The molecule has 0 aromatic heterocycles. The van der Waals surface area contributed by atoms with E-state index in [-0.39, 0.29) is 5.75 Å². The Hall–Kier alpha value is -1.07. The van der Waals surface area contributed by atoms with Crippen molar-refractivity contribution in [3.05, 3.63) is 29.8 Å². The number of anilines is 1. The minimum absolute atomic E-state index is 0.164. The third kappa shape index (κ3) is 5.20. The summed E-state index contributed by atoms with van der Waals surface area (Å²) in [5.41, 5.74) is 1.83. The highest BCUT2D eigenvalue weighted by Gasteiger charge is 2.17. The van der Waals surface area contributed by atoms with Crippen LogP contribution in [0.25, 0.3) is 0 Å². The van der Waals surface area contributed by atoms with Crippen LogP contribution in [0.5, 0.6) is 0 Å². The average molecular weight is 284 g/mol. The highest BCUT2D eigenvalue weighted by Crippen LogP contribution is 2.17. The van der Waals surface area contributed by atoms with Gasteiger partial charge in [0.15, 0.2) is 0 Å². The number of nitrogens with one attached hydrogen (secondary N) is 1. The fourth-order valence-electron chi connectivity index (χ4n) is 1.70. The molecule has 0 aliphatic rings. The van der Waals surface area contributed by atoms with Crippen molar-refractivity contribution >= 4 is 15.7 Å². The largest absolute Gasteiger partial charge is 0.314 e. The molecule has 0 unspecified atom stereocenters. The maximum atomic E-state index is 12.2. The monoisotopic (exact) mass is 284 g/mol. The Kier molecular flexibility index (Phi) is 5.82. The van der Waals surface area contributed by atoms with E-state index in [4.69, 9.17) is 0 Å². The van der Waals surface area contributed by atoms with Crippen molar-refractivity contribution < 1.29 is 8.42 Å². The Morgan fingerprint density at radius 1 is 1.21 bits per heavy atom. The van der Waals surface area contributed by atoms with Crippen molar-refractivity contribution in [1.82, 2.24) is 5.32 Å². The van der Waals surface area contributed by atoms with Crippen LogP contribution in [0.3, 0.4) is 0 Å². The molecule has 0 heterocycles. The molecule has 0 saturated heterocycles. The van der Waals surface area contributed by atoms with Gasteiger partial charge in [-0.25, -0.2) is 8.42 Å². The van der Waals surface area contributed by atoms with Crippen LogP contribution >= 0.6 is 0 Å². The average Bonchev–Trinajstić information content (AvgIpc) is 2.34. The van der Waals surface area contributed by atoms with Crippen molar-refractivity contribution in [2.24, 2.45) is 0 Å². The molecule has 0 aliphatic carbocycles. The number of hydrogen-bond acceptors (Lipinski definition) is 3. The molecular weight excluding hydrogens is 260 g/mol. The summed E-state index contributed by atoms with van der Waals surface area (Å²) in [6.45, 7) is 6.80. The highest BCUT2D eigenvalue weighted by molar-refractivity contribution is 7.92. The number of aryl methyl sites for hydroxylation is 1. The zero-order valence-corrected chi connectivity index (χ0v) is 13.0. The molecule has 108 valence electrons. The second-order valence-electron chi connectivity index (χ2n) is 5.08. The molecule has 5 heteroatoms. The summed E-state index contributed by atoms with van der Waals surface area (Å²) in [5.74, 6) is 0.164.